The number of fused-ring (bicyclic) bond motifs is 1. The number of amides is 1. The van der Waals surface area contributed by atoms with Crippen molar-refractivity contribution in [1.29, 1.82) is 0 Å². The molecule has 0 aliphatic heterocycles. The number of aryl methyl sites for hydroxylation is 1. The van der Waals surface area contributed by atoms with Crippen molar-refractivity contribution in [2.45, 2.75) is 25.3 Å². The summed E-state index contributed by atoms with van der Waals surface area (Å²) in [6.45, 7) is 0. The fraction of sp³-hybridized carbons (Fsp3) is 0.148. The molecule has 1 aromatic heterocycles. The number of carbonyl (C=O) groups excluding carboxylic acids is 1. The Balaban J connectivity index is 1.31. The van der Waals surface area contributed by atoms with Crippen molar-refractivity contribution in [2.75, 3.05) is 5.32 Å². The van der Waals surface area contributed by atoms with E-state index in [1.165, 1.54) is 29.6 Å². The highest BCUT2D eigenvalue weighted by Gasteiger charge is 2.22. The Hall–Kier alpha value is -4.06. The molecule has 3 aromatic carbocycles. The van der Waals surface area contributed by atoms with Gasteiger partial charge in [-0.25, -0.2) is 14.4 Å². The number of nitrogens with one attached hydrogen (secondary N) is 2. The fourth-order valence-electron chi connectivity index (χ4n) is 4.24. The van der Waals surface area contributed by atoms with Crippen molar-refractivity contribution in [3.8, 4) is 11.3 Å². The number of rotatable bonds is 5. The van der Waals surface area contributed by atoms with E-state index in [9.17, 15) is 9.18 Å². The van der Waals surface area contributed by atoms with Crippen LogP contribution < -0.4 is 10.6 Å². The second kappa shape index (κ2) is 9.20. The average molecular weight is 439 g/mol. The van der Waals surface area contributed by atoms with Gasteiger partial charge in [0.15, 0.2) is 0 Å². The summed E-state index contributed by atoms with van der Waals surface area (Å²) in [7, 11) is 0. The van der Waals surface area contributed by atoms with Gasteiger partial charge in [-0.05, 0) is 72.9 Å². The van der Waals surface area contributed by atoms with E-state index in [0.717, 1.165) is 30.5 Å². The van der Waals surface area contributed by atoms with Gasteiger partial charge in [-0.2, -0.15) is 0 Å². The molecule has 0 saturated carbocycles. The van der Waals surface area contributed by atoms with E-state index in [1.54, 1.807) is 24.3 Å². The van der Waals surface area contributed by atoms with Gasteiger partial charge in [-0.1, -0.05) is 30.3 Å². The topological polar surface area (TPSA) is 66.9 Å². The molecule has 1 amide bonds. The first kappa shape index (κ1) is 20.8. The van der Waals surface area contributed by atoms with Crippen molar-refractivity contribution < 1.29 is 9.18 Å². The lowest BCUT2D eigenvalue weighted by atomic mass is 9.87. The summed E-state index contributed by atoms with van der Waals surface area (Å²) in [5.41, 5.74) is 5.32. The predicted octanol–water partition coefficient (Wildman–Crippen LogP) is 5.83. The van der Waals surface area contributed by atoms with E-state index in [-0.39, 0.29) is 17.8 Å². The molecule has 164 valence electrons. The highest BCUT2D eigenvalue weighted by atomic mass is 19.1. The van der Waals surface area contributed by atoms with E-state index >= 15 is 0 Å². The summed E-state index contributed by atoms with van der Waals surface area (Å²) in [6, 6.07) is 23.6. The molecule has 0 bridgehead atoms. The largest absolute Gasteiger partial charge is 0.345 e. The highest BCUT2D eigenvalue weighted by Crippen LogP contribution is 2.30. The molecule has 1 aliphatic rings. The van der Waals surface area contributed by atoms with Crippen molar-refractivity contribution in [3.05, 3.63) is 108 Å². The fourth-order valence-corrected chi connectivity index (χ4v) is 4.24. The Labute approximate surface area is 191 Å². The number of hydrogen-bond donors (Lipinski definition) is 2. The highest BCUT2D eigenvalue weighted by molar-refractivity contribution is 5.95. The van der Waals surface area contributed by atoms with Gasteiger partial charge in [0.05, 0.1) is 11.7 Å². The molecular formula is C27H23FN4O. The summed E-state index contributed by atoms with van der Waals surface area (Å²) in [6.07, 6.45) is 4.51. The van der Waals surface area contributed by atoms with E-state index < -0.39 is 0 Å². The van der Waals surface area contributed by atoms with Gasteiger partial charge in [0.1, 0.15) is 18.0 Å². The van der Waals surface area contributed by atoms with Crippen molar-refractivity contribution in [2.24, 2.45) is 0 Å². The van der Waals surface area contributed by atoms with Crippen LogP contribution in [0.5, 0.6) is 0 Å². The van der Waals surface area contributed by atoms with Crippen molar-refractivity contribution >= 4 is 17.4 Å². The van der Waals surface area contributed by atoms with Crippen molar-refractivity contribution in [3.63, 3.8) is 0 Å². The number of benzene rings is 3. The molecule has 5 rings (SSSR count). The van der Waals surface area contributed by atoms with Crippen molar-refractivity contribution in [1.82, 2.24) is 15.3 Å². The molecule has 1 heterocycles. The number of anilines is 2. The molecular weight excluding hydrogens is 415 g/mol. The number of carbonyl (C=O) groups is 1. The van der Waals surface area contributed by atoms with Crippen LogP contribution in [-0.2, 0) is 6.42 Å². The molecule has 5 nitrogen and oxygen atoms in total. The zero-order valence-corrected chi connectivity index (χ0v) is 18.0. The Morgan fingerprint density at radius 2 is 1.79 bits per heavy atom. The zero-order chi connectivity index (χ0) is 22.6. The second-order valence-electron chi connectivity index (χ2n) is 8.12. The lowest BCUT2D eigenvalue weighted by Crippen LogP contribution is -2.31. The molecule has 0 spiro atoms. The molecule has 33 heavy (non-hydrogen) atoms. The minimum Gasteiger partial charge on any atom is -0.345 e. The number of nitrogens with zero attached hydrogens (tertiary/aromatic N) is 2. The predicted molar refractivity (Wildman–Crippen MR) is 127 cm³/mol. The molecule has 2 N–H and O–H groups in total. The first-order valence-corrected chi connectivity index (χ1v) is 11.0. The van der Waals surface area contributed by atoms with Gasteiger partial charge >= 0.3 is 0 Å². The summed E-state index contributed by atoms with van der Waals surface area (Å²) in [5.74, 6) is 0.191. The summed E-state index contributed by atoms with van der Waals surface area (Å²) in [5, 5.41) is 6.43. The standard InChI is InChI=1S/C27H23FN4O/c28-21-13-11-19(12-14-21)25-16-26(30-17-29-25)31-22-8-3-7-20(15-22)27(33)32-24-10-4-6-18-5-1-2-9-23(18)24/h1-3,5,7-9,11-17,24H,4,6,10H2,(H,32,33)(H,29,30,31)/t24-/m0/s1. The van der Waals surface area contributed by atoms with Gasteiger partial charge in [0.25, 0.3) is 5.91 Å². The van der Waals surface area contributed by atoms with Gasteiger partial charge in [0.2, 0.25) is 0 Å². The minimum atomic E-state index is -0.294. The molecule has 4 aromatic rings. The van der Waals surface area contributed by atoms with Gasteiger partial charge in [0, 0.05) is 22.9 Å². The molecule has 6 heteroatoms. The lowest BCUT2D eigenvalue weighted by molar-refractivity contribution is 0.0933. The van der Waals surface area contributed by atoms with Crippen LogP contribution in [0.3, 0.4) is 0 Å². The van der Waals surface area contributed by atoms with Crippen LogP contribution in [-0.4, -0.2) is 15.9 Å². The molecule has 1 aliphatic carbocycles. The normalized spacial score (nSPS) is 14.9. The SMILES string of the molecule is O=C(N[C@H]1CCCc2ccccc21)c1cccc(Nc2cc(-c3ccc(F)cc3)ncn2)c1. The molecule has 0 saturated heterocycles. The third-order valence-electron chi connectivity index (χ3n) is 5.88. The molecule has 0 radical (unpaired) electrons. The maximum Gasteiger partial charge on any atom is 0.251 e. The lowest BCUT2D eigenvalue weighted by Gasteiger charge is -2.26. The molecule has 0 fully saturated rings. The van der Waals surface area contributed by atoms with Crippen LogP contribution in [0.25, 0.3) is 11.3 Å². The van der Waals surface area contributed by atoms with E-state index in [4.69, 9.17) is 0 Å². The van der Waals surface area contributed by atoms with Crippen LogP contribution in [0.1, 0.15) is 40.4 Å². The first-order chi connectivity index (χ1) is 16.2. The number of halogens is 1. The van der Waals surface area contributed by atoms with Crippen LogP contribution >= 0.6 is 0 Å². The van der Waals surface area contributed by atoms with Crippen LogP contribution in [0.4, 0.5) is 15.9 Å². The number of hydrogen-bond acceptors (Lipinski definition) is 4. The summed E-state index contributed by atoms with van der Waals surface area (Å²) >= 11 is 0. The maximum absolute atomic E-state index is 13.2. The zero-order valence-electron chi connectivity index (χ0n) is 18.0. The maximum atomic E-state index is 13.2. The van der Waals surface area contributed by atoms with Gasteiger partial charge < -0.3 is 10.6 Å². The Morgan fingerprint density at radius 1 is 0.939 bits per heavy atom. The number of aromatic nitrogens is 2. The Morgan fingerprint density at radius 3 is 2.67 bits per heavy atom. The van der Waals surface area contributed by atoms with Crippen LogP contribution in [0, 0.1) is 5.82 Å². The molecule has 1 atom stereocenters. The van der Waals surface area contributed by atoms with E-state index in [1.807, 2.05) is 30.3 Å². The van der Waals surface area contributed by atoms with Crippen LogP contribution in [0.15, 0.2) is 85.2 Å². The van der Waals surface area contributed by atoms with E-state index in [0.29, 0.717) is 17.1 Å². The average Bonchev–Trinajstić information content (AvgIpc) is 2.85. The second-order valence-corrected chi connectivity index (χ2v) is 8.12. The quantitative estimate of drug-likeness (QED) is 0.411. The summed E-state index contributed by atoms with van der Waals surface area (Å²) in [4.78, 5) is 21.5. The minimum absolute atomic E-state index is 0.0270. The Bertz CT molecular complexity index is 1290. The molecule has 0 unspecified atom stereocenters. The Kier molecular flexibility index (Phi) is 5.81. The summed E-state index contributed by atoms with van der Waals surface area (Å²) < 4.78 is 13.2. The van der Waals surface area contributed by atoms with Gasteiger partial charge in [-0.3, -0.25) is 4.79 Å². The van der Waals surface area contributed by atoms with E-state index in [2.05, 4.69) is 32.7 Å². The van der Waals surface area contributed by atoms with Crippen LogP contribution in [0.2, 0.25) is 0 Å². The van der Waals surface area contributed by atoms with Gasteiger partial charge in [-0.15, -0.1) is 0 Å². The smallest absolute Gasteiger partial charge is 0.251 e. The first-order valence-electron chi connectivity index (χ1n) is 11.0. The third-order valence-corrected chi connectivity index (χ3v) is 5.88. The monoisotopic (exact) mass is 438 g/mol. The third kappa shape index (κ3) is 4.75.